The fraction of sp³-hybridized carbons (Fsp3) is 0.609. The molecular weight excluding hydrogens is 384 g/mol. The first kappa shape index (κ1) is 25.2. The van der Waals surface area contributed by atoms with Crippen molar-refractivity contribution in [3.05, 3.63) is 24.8 Å². The molecule has 0 aromatic carbocycles. The minimum atomic E-state index is -1.89. The highest BCUT2D eigenvalue weighted by molar-refractivity contribution is 6.73. The highest BCUT2D eigenvalue weighted by Crippen LogP contribution is 2.35. The lowest BCUT2D eigenvalue weighted by molar-refractivity contribution is -0.144. The Morgan fingerprint density at radius 2 is 1.86 bits per heavy atom. The molecule has 0 bridgehead atoms. The molecule has 0 aromatic rings. The maximum Gasteiger partial charge on any atom is 0.303 e. The third-order valence-electron chi connectivity index (χ3n) is 4.97. The van der Waals surface area contributed by atoms with Crippen LogP contribution >= 0.6 is 0 Å². The van der Waals surface area contributed by atoms with Crippen molar-refractivity contribution in [2.45, 2.75) is 77.2 Å². The molecule has 0 saturated carbocycles. The van der Waals surface area contributed by atoms with Gasteiger partial charge in [-0.1, -0.05) is 44.8 Å². The SMILES string of the molecule is C=CCOC/C=C\[C@@H](OC(C)=O)[C@@H]1O[C@@H]1C(C#CC#CC)O[Si](CC)(CC)CC. The normalized spacial score (nSPS) is 20.0. The summed E-state index contributed by atoms with van der Waals surface area (Å²) in [4.78, 5) is 11.5. The molecule has 0 radical (unpaired) electrons. The molecule has 5 nitrogen and oxygen atoms in total. The van der Waals surface area contributed by atoms with Crippen molar-refractivity contribution in [1.29, 1.82) is 0 Å². The minimum Gasteiger partial charge on any atom is -0.455 e. The Bertz CT molecular complexity index is 667. The lowest BCUT2D eigenvalue weighted by atomic mass is 10.1. The summed E-state index contributed by atoms with van der Waals surface area (Å²) in [7, 11) is -1.89. The van der Waals surface area contributed by atoms with E-state index >= 15 is 0 Å². The molecule has 1 unspecified atom stereocenters. The number of carbonyl (C=O) groups excluding carboxylic acids is 1. The van der Waals surface area contributed by atoms with Gasteiger partial charge in [-0.3, -0.25) is 4.79 Å². The maximum absolute atomic E-state index is 11.5. The van der Waals surface area contributed by atoms with Gasteiger partial charge in [0.1, 0.15) is 24.4 Å². The first-order valence-electron chi connectivity index (χ1n) is 10.2. The Hall–Kier alpha value is -1.83. The Balaban J connectivity index is 2.93. The van der Waals surface area contributed by atoms with Gasteiger partial charge in [0.25, 0.3) is 0 Å². The monoisotopic (exact) mass is 418 g/mol. The predicted octanol–water partition coefficient (Wildman–Crippen LogP) is 3.86. The number of carbonyl (C=O) groups is 1. The van der Waals surface area contributed by atoms with Crippen molar-refractivity contribution in [3.63, 3.8) is 0 Å². The number of ether oxygens (including phenoxy) is 3. The third kappa shape index (κ3) is 8.60. The van der Waals surface area contributed by atoms with E-state index < -0.39 is 14.4 Å². The van der Waals surface area contributed by atoms with Gasteiger partial charge in [-0.2, -0.15) is 0 Å². The van der Waals surface area contributed by atoms with E-state index in [0.29, 0.717) is 13.2 Å². The van der Waals surface area contributed by atoms with Crippen LogP contribution in [-0.2, 0) is 23.4 Å². The van der Waals surface area contributed by atoms with E-state index in [-0.39, 0.29) is 24.3 Å². The Morgan fingerprint density at radius 1 is 1.17 bits per heavy atom. The quantitative estimate of drug-likeness (QED) is 0.114. The molecule has 1 rings (SSSR count). The van der Waals surface area contributed by atoms with Gasteiger partial charge in [-0.25, -0.2) is 0 Å². The van der Waals surface area contributed by atoms with Gasteiger partial charge in [0.05, 0.1) is 13.2 Å². The second-order valence-electron chi connectivity index (χ2n) is 6.82. The number of hydrogen-bond acceptors (Lipinski definition) is 5. The van der Waals surface area contributed by atoms with Crippen LogP contribution in [0.15, 0.2) is 24.8 Å². The fourth-order valence-corrected chi connectivity index (χ4v) is 5.81. The Morgan fingerprint density at radius 3 is 2.41 bits per heavy atom. The van der Waals surface area contributed by atoms with Crippen LogP contribution in [0.3, 0.4) is 0 Å². The molecule has 0 aromatic heterocycles. The zero-order valence-electron chi connectivity index (χ0n) is 18.3. The van der Waals surface area contributed by atoms with Crippen LogP contribution in [-0.4, -0.2) is 51.9 Å². The van der Waals surface area contributed by atoms with Gasteiger partial charge >= 0.3 is 5.97 Å². The molecule has 4 atom stereocenters. The van der Waals surface area contributed by atoms with Gasteiger partial charge in [-0.05, 0) is 43.0 Å². The largest absolute Gasteiger partial charge is 0.455 e. The lowest BCUT2D eigenvalue weighted by Crippen LogP contribution is -2.42. The van der Waals surface area contributed by atoms with Crippen LogP contribution < -0.4 is 0 Å². The maximum atomic E-state index is 11.5. The van der Waals surface area contributed by atoms with Crippen molar-refractivity contribution in [2.24, 2.45) is 0 Å². The summed E-state index contributed by atoms with van der Waals surface area (Å²) in [6.07, 6.45) is 3.88. The average molecular weight is 419 g/mol. The van der Waals surface area contributed by atoms with Crippen LogP contribution in [0.2, 0.25) is 18.1 Å². The molecule has 1 heterocycles. The standard InChI is InChI=1S/C23H34O5Si/c1-7-12-13-15-21(28-29(9-3,10-4)11-5)23-22(27-23)20(26-19(6)24)16-14-18-25-17-8-2/h8,14,16,20-23H,2,9-11,17-18H2,1,3-6H3/b16-14-/t20-,21?,22+,23-/m1/s1. The van der Waals surface area contributed by atoms with Crippen LogP contribution in [0.5, 0.6) is 0 Å². The number of esters is 1. The zero-order valence-corrected chi connectivity index (χ0v) is 19.3. The van der Waals surface area contributed by atoms with Gasteiger partial charge < -0.3 is 18.6 Å². The van der Waals surface area contributed by atoms with Crippen molar-refractivity contribution in [2.75, 3.05) is 13.2 Å². The summed E-state index contributed by atoms with van der Waals surface area (Å²) >= 11 is 0. The summed E-state index contributed by atoms with van der Waals surface area (Å²) in [5.41, 5.74) is 0. The summed E-state index contributed by atoms with van der Waals surface area (Å²) in [5, 5.41) is 0. The summed E-state index contributed by atoms with van der Waals surface area (Å²) < 4.78 is 23.3. The Labute approximate surface area is 177 Å². The summed E-state index contributed by atoms with van der Waals surface area (Å²) in [5.74, 6) is 11.2. The second kappa shape index (κ2) is 13.4. The molecule has 29 heavy (non-hydrogen) atoms. The van der Waals surface area contributed by atoms with E-state index in [1.54, 1.807) is 19.1 Å². The molecule has 0 amide bonds. The van der Waals surface area contributed by atoms with Crippen molar-refractivity contribution in [3.8, 4) is 23.7 Å². The van der Waals surface area contributed by atoms with Crippen molar-refractivity contribution >= 4 is 14.3 Å². The topological polar surface area (TPSA) is 57.3 Å². The molecule has 0 aliphatic carbocycles. The molecule has 1 aliphatic heterocycles. The van der Waals surface area contributed by atoms with E-state index in [1.165, 1.54) is 6.92 Å². The lowest BCUT2D eigenvalue weighted by Gasteiger charge is -2.30. The molecule has 1 saturated heterocycles. The molecule has 160 valence electrons. The third-order valence-corrected chi connectivity index (χ3v) is 9.59. The highest BCUT2D eigenvalue weighted by Gasteiger charge is 2.52. The molecule has 1 aliphatic rings. The smallest absolute Gasteiger partial charge is 0.303 e. The molecule has 0 spiro atoms. The van der Waals surface area contributed by atoms with Crippen molar-refractivity contribution < 1.29 is 23.4 Å². The van der Waals surface area contributed by atoms with Crippen molar-refractivity contribution in [1.82, 2.24) is 0 Å². The molecular formula is C23H34O5Si. The predicted molar refractivity (Wildman–Crippen MR) is 118 cm³/mol. The van der Waals surface area contributed by atoms with Crippen LogP contribution in [0.1, 0.15) is 34.6 Å². The van der Waals surface area contributed by atoms with E-state index in [4.69, 9.17) is 18.6 Å². The summed E-state index contributed by atoms with van der Waals surface area (Å²) in [6, 6.07) is 3.05. The molecule has 6 heteroatoms. The van der Waals surface area contributed by atoms with Crippen LogP contribution in [0.4, 0.5) is 0 Å². The van der Waals surface area contributed by atoms with Crippen LogP contribution in [0.25, 0.3) is 0 Å². The van der Waals surface area contributed by atoms with Gasteiger partial charge in [0.2, 0.25) is 0 Å². The second-order valence-corrected chi connectivity index (χ2v) is 11.5. The first-order valence-corrected chi connectivity index (χ1v) is 12.8. The van der Waals surface area contributed by atoms with E-state index in [0.717, 1.165) is 18.1 Å². The van der Waals surface area contributed by atoms with E-state index in [2.05, 4.69) is 51.0 Å². The number of rotatable bonds is 13. The number of epoxide rings is 1. The zero-order chi connectivity index (χ0) is 21.7. The van der Waals surface area contributed by atoms with Crippen LogP contribution in [0, 0.1) is 23.7 Å². The van der Waals surface area contributed by atoms with Gasteiger partial charge in [0.15, 0.2) is 8.32 Å². The van der Waals surface area contributed by atoms with E-state index in [9.17, 15) is 4.79 Å². The Kier molecular flexibility index (Phi) is 11.6. The number of hydrogen-bond donors (Lipinski definition) is 0. The van der Waals surface area contributed by atoms with Gasteiger partial charge in [0, 0.05) is 6.92 Å². The van der Waals surface area contributed by atoms with E-state index in [1.807, 2.05) is 6.08 Å². The van der Waals surface area contributed by atoms with Gasteiger partial charge in [-0.15, -0.1) is 6.58 Å². The highest BCUT2D eigenvalue weighted by atomic mass is 28.4. The molecule has 1 fully saturated rings. The average Bonchev–Trinajstić information content (AvgIpc) is 3.50. The summed E-state index contributed by atoms with van der Waals surface area (Å²) in [6.45, 7) is 14.1. The molecule has 0 N–H and O–H groups in total. The minimum absolute atomic E-state index is 0.249. The first-order chi connectivity index (χ1) is 14.0. The fourth-order valence-electron chi connectivity index (χ4n) is 3.08.